The molecular formula is C19H18N4O2. The fraction of sp³-hybridized carbons (Fsp3) is 0.158. The lowest BCUT2D eigenvalue weighted by atomic mass is 9.99. The van der Waals surface area contributed by atoms with Crippen molar-refractivity contribution in [2.45, 2.75) is 18.4 Å². The molecule has 0 spiro atoms. The zero-order chi connectivity index (χ0) is 17.6. The summed E-state index contributed by atoms with van der Waals surface area (Å²) in [6.07, 6.45) is 2.57. The van der Waals surface area contributed by atoms with Crippen molar-refractivity contribution in [2.24, 2.45) is 11.5 Å². The van der Waals surface area contributed by atoms with E-state index in [4.69, 9.17) is 11.5 Å². The van der Waals surface area contributed by atoms with E-state index in [1.54, 1.807) is 0 Å². The summed E-state index contributed by atoms with van der Waals surface area (Å²) in [6.45, 7) is 0. The van der Waals surface area contributed by atoms with Crippen molar-refractivity contribution < 1.29 is 9.59 Å². The van der Waals surface area contributed by atoms with Crippen LogP contribution in [0.5, 0.6) is 0 Å². The van der Waals surface area contributed by atoms with Gasteiger partial charge in [-0.25, -0.2) is 0 Å². The zero-order valence-corrected chi connectivity index (χ0v) is 13.5. The Balaban J connectivity index is 1.76. The van der Waals surface area contributed by atoms with Crippen LogP contribution in [0, 0.1) is 0 Å². The quantitative estimate of drug-likeness (QED) is 0.537. The minimum absolute atomic E-state index is 0.145. The summed E-state index contributed by atoms with van der Waals surface area (Å²) < 4.78 is 0. The fourth-order valence-electron chi connectivity index (χ4n) is 3.22. The highest BCUT2D eigenvalue weighted by atomic mass is 16.1. The first-order chi connectivity index (χ1) is 12.0. The van der Waals surface area contributed by atoms with Gasteiger partial charge in [-0.15, -0.1) is 0 Å². The molecule has 2 amide bonds. The average Bonchev–Trinajstić information content (AvgIpc) is 3.24. The molecule has 25 heavy (non-hydrogen) atoms. The highest BCUT2D eigenvalue weighted by Gasteiger charge is 2.39. The molecule has 126 valence electrons. The van der Waals surface area contributed by atoms with E-state index in [1.165, 1.54) is 0 Å². The van der Waals surface area contributed by atoms with Gasteiger partial charge in [0, 0.05) is 16.4 Å². The molecule has 1 fully saturated rings. The van der Waals surface area contributed by atoms with Crippen LogP contribution in [0.3, 0.4) is 0 Å². The molecule has 6 heteroatoms. The molecule has 1 aliphatic rings. The minimum atomic E-state index is -0.592. The Kier molecular flexibility index (Phi) is 3.36. The van der Waals surface area contributed by atoms with E-state index in [1.807, 2.05) is 30.3 Å². The minimum Gasteiger partial charge on any atom is -0.365 e. The molecule has 0 aliphatic heterocycles. The number of nitrogens with two attached hydrogens (primary N) is 2. The van der Waals surface area contributed by atoms with Crippen LogP contribution < -0.4 is 16.8 Å². The molecule has 4 rings (SSSR count). The first-order valence-corrected chi connectivity index (χ1v) is 8.07. The number of carbonyl (C=O) groups excluding carboxylic acids is 2. The molecule has 6 N–H and O–H groups in total. The number of H-pyrrole nitrogens is 1. The zero-order valence-electron chi connectivity index (χ0n) is 13.5. The van der Waals surface area contributed by atoms with Crippen LogP contribution in [-0.2, 0) is 10.3 Å². The number of hydrogen-bond donors (Lipinski definition) is 4. The summed E-state index contributed by atoms with van der Waals surface area (Å²) in [5, 5.41) is 3.16. The van der Waals surface area contributed by atoms with Crippen molar-refractivity contribution in [1.29, 1.82) is 0 Å². The molecule has 0 radical (unpaired) electrons. The number of rotatable bonds is 5. The Hall–Kier alpha value is -3.12. The third-order valence-corrected chi connectivity index (χ3v) is 4.83. The molecule has 1 saturated carbocycles. The van der Waals surface area contributed by atoms with Crippen LogP contribution in [0.4, 0.5) is 5.82 Å². The molecule has 2 aromatic carbocycles. The summed E-state index contributed by atoms with van der Waals surface area (Å²) in [6, 6.07) is 13.9. The standard InChI is InChI=1S/C19H18N4O2/c20-17(25)16-14-6-3-12(9-15(14)23-18(16)22-10-24)11-1-4-13(5-2-11)19(21)7-8-19/h1-6,9-10,23H,7-8,21H2,(H2,20,25)(H,22,24). The second kappa shape index (κ2) is 5.46. The second-order valence-corrected chi connectivity index (χ2v) is 6.50. The highest BCUT2D eigenvalue weighted by molar-refractivity contribution is 6.12. The van der Waals surface area contributed by atoms with Crippen molar-refractivity contribution in [3.05, 3.63) is 53.6 Å². The van der Waals surface area contributed by atoms with Gasteiger partial charge in [0.2, 0.25) is 6.41 Å². The smallest absolute Gasteiger partial charge is 0.253 e. The van der Waals surface area contributed by atoms with Gasteiger partial charge < -0.3 is 21.8 Å². The Bertz CT molecular complexity index is 985. The van der Waals surface area contributed by atoms with Gasteiger partial charge in [-0.3, -0.25) is 9.59 Å². The summed E-state index contributed by atoms with van der Waals surface area (Å²) in [4.78, 5) is 25.5. The van der Waals surface area contributed by atoms with E-state index in [0.717, 1.165) is 35.0 Å². The first-order valence-electron chi connectivity index (χ1n) is 8.07. The SMILES string of the molecule is NC(=O)c1c(NC=O)[nH]c2cc(-c3ccc(C4(N)CC4)cc3)ccc12. The van der Waals surface area contributed by atoms with Gasteiger partial charge in [0.1, 0.15) is 5.82 Å². The normalized spacial score (nSPS) is 15.1. The topological polar surface area (TPSA) is 114 Å². The van der Waals surface area contributed by atoms with E-state index < -0.39 is 5.91 Å². The lowest BCUT2D eigenvalue weighted by Gasteiger charge is -2.10. The van der Waals surface area contributed by atoms with Crippen LogP contribution in [0.2, 0.25) is 0 Å². The summed E-state index contributed by atoms with van der Waals surface area (Å²) in [5.41, 5.74) is 15.7. The van der Waals surface area contributed by atoms with Crippen molar-refractivity contribution in [3.63, 3.8) is 0 Å². The number of aromatic amines is 1. The number of carbonyl (C=O) groups is 2. The monoisotopic (exact) mass is 334 g/mol. The van der Waals surface area contributed by atoms with Gasteiger partial charge >= 0.3 is 0 Å². The number of hydrogen-bond acceptors (Lipinski definition) is 3. The maximum atomic E-state index is 11.7. The van der Waals surface area contributed by atoms with Gasteiger partial charge in [0.25, 0.3) is 5.91 Å². The molecule has 6 nitrogen and oxygen atoms in total. The van der Waals surface area contributed by atoms with Gasteiger partial charge in [-0.05, 0) is 35.6 Å². The number of amides is 2. The van der Waals surface area contributed by atoms with Crippen LogP contribution in [0.25, 0.3) is 22.0 Å². The molecule has 0 unspecified atom stereocenters. The molecule has 1 aromatic heterocycles. The Morgan fingerprint density at radius 3 is 2.40 bits per heavy atom. The van der Waals surface area contributed by atoms with Crippen molar-refractivity contribution in [2.75, 3.05) is 5.32 Å². The van der Waals surface area contributed by atoms with Gasteiger partial charge in [-0.2, -0.15) is 0 Å². The van der Waals surface area contributed by atoms with Gasteiger partial charge in [0.15, 0.2) is 0 Å². The molecule has 0 saturated heterocycles. The number of nitrogens with one attached hydrogen (secondary N) is 2. The van der Waals surface area contributed by atoms with E-state index in [2.05, 4.69) is 22.4 Å². The number of benzene rings is 2. The molecular weight excluding hydrogens is 316 g/mol. The Labute approximate surface area is 144 Å². The summed E-state index contributed by atoms with van der Waals surface area (Å²) in [7, 11) is 0. The summed E-state index contributed by atoms with van der Waals surface area (Å²) >= 11 is 0. The Morgan fingerprint density at radius 2 is 1.80 bits per heavy atom. The third-order valence-electron chi connectivity index (χ3n) is 4.83. The number of aromatic nitrogens is 1. The number of anilines is 1. The molecule has 0 bridgehead atoms. The van der Waals surface area contributed by atoms with E-state index in [9.17, 15) is 9.59 Å². The van der Waals surface area contributed by atoms with Crippen molar-refractivity contribution >= 4 is 29.0 Å². The fourth-order valence-corrected chi connectivity index (χ4v) is 3.22. The van der Waals surface area contributed by atoms with E-state index in [-0.39, 0.29) is 11.1 Å². The second-order valence-electron chi connectivity index (χ2n) is 6.50. The predicted molar refractivity (Wildman–Crippen MR) is 97.0 cm³/mol. The van der Waals surface area contributed by atoms with Gasteiger partial charge in [-0.1, -0.05) is 36.4 Å². The van der Waals surface area contributed by atoms with Crippen LogP contribution in [0.15, 0.2) is 42.5 Å². The Morgan fingerprint density at radius 1 is 1.12 bits per heavy atom. The largest absolute Gasteiger partial charge is 0.365 e. The maximum Gasteiger partial charge on any atom is 0.253 e. The average molecular weight is 334 g/mol. The molecule has 1 heterocycles. The lowest BCUT2D eigenvalue weighted by molar-refractivity contribution is -0.105. The lowest BCUT2D eigenvalue weighted by Crippen LogP contribution is -2.18. The van der Waals surface area contributed by atoms with Crippen LogP contribution >= 0.6 is 0 Å². The van der Waals surface area contributed by atoms with Crippen LogP contribution in [0.1, 0.15) is 28.8 Å². The van der Waals surface area contributed by atoms with Crippen molar-refractivity contribution in [1.82, 2.24) is 4.98 Å². The first kappa shape index (κ1) is 15.4. The van der Waals surface area contributed by atoms with Gasteiger partial charge in [0.05, 0.1) is 5.56 Å². The van der Waals surface area contributed by atoms with Crippen LogP contribution in [-0.4, -0.2) is 17.3 Å². The molecule has 3 aromatic rings. The van der Waals surface area contributed by atoms with Crippen molar-refractivity contribution in [3.8, 4) is 11.1 Å². The van der Waals surface area contributed by atoms with E-state index >= 15 is 0 Å². The third kappa shape index (κ3) is 2.56. The molecule has 0 atom stereocenters. The number of primary amides is 1. The highest BCUT2D eigenvalue weighted by Crippen LogP contribution is 2.43. The number of fused-ring (bicyclic) bond motifs is 1. The predicted octanol–water partition coefficient (Wildman–Crippen LogP) is 2.45. The summed E-state index contributed by atoms with van der Waals surface area (Å²) in [5.74, 6) is -0.283. The molecule has 1 aliphatic carbocycles. The van der Waals surface area contributed by atoms with E-state index in [0.29, 0.717) is 17.6 Å². The maximum absolute atomic E-state index is 11.7.